The first kappa shape index (κ1) is 21.5. The van der Waals surface area contributed by atoms with Crippen LogP contribution in [-0.4, -0.2) is 43.9 Å². The summed E-state index contributed by atoms with van der Waals surface area (Å²) in [5, 5.41) is 8.66. The standard InChI is InChI=1S/C23H28N4O3/c1-3-16-8-4-6-10-19(16)25-21(28)14-27(2)15-22(29)26-20-11-7-5-9-18(20)23(30)24-17-12-13-17/h4-11,17H,3,12-15H2,1-2H3,(H,24,30)(H,25,28)(H,26,29)/p+1. The maximum atomic E-state index is 12.5. The largest absolute Gasteiger partial charge is 0.349 e. The maximum absolute atomic E-state index is 12.5. The zero-order valence-corrected chi connectivity index (χ0v) is 17.5. The summed E-state index contributed by atoms with van der Waals surface area (Å²) >= 11 is 0. The zero-order chi connectivity index (χ0) is 21.5. The molecule has 0 radical (unpaired) electrons. The molecule has 1 saturated carbocycles. The van der Waals surface area contributed by atoms with Gasteiger partial charge in [0.25, 0.3) is 17.7 Å². The average Bonchev–Trinajstić information content (AvgIpc) is 3.52. The van der Waals surface area contributed by atoms with E-state index in [1.54, 1.807) is 31.3 Å². The lowest BCUT2D eigenvalue weighted by molar-refractivity contribution is -0.862. The van der Waals surface area contributed by atoms with Gasteiger partial charge in [0.2, 0.25) is 0 Å². The van der Waals surface area contributed by atoms with E-state index in [0.29, 0.717) is 11.3 Å². The van der Waals surface area contributed by atoms with Crippen LogP contribution in [0.4, 0.5) is 11.4 Å². The van der Waals surface area contributed by atoms with Gasteiger partial charge in [-0.25, -0.2) is 0 Å². The molecule has 2 aromatic rings. The number of benzene rings is 2. The third kappa shape index (κ3) is 6.15. The molecule has 0 bridgehead atoms. The number of hydrogen-bond acceptors (Lipinski definition) is 3. The normalized spacial score (nSPS) is 13.9. The number of aryl methyl sites for hydroxylation is 1. The summed E-state index contributed by atoms with van der Waals surface area (Å²) in [6.45, 7) is 2.31. The molecule has 7 nitrogen and oxygen atoms in total. The van der Waals surface area contributed by atoms with Crippen molar-refractivity contribution >= 4 is 29.1 Å². The highest BCUT2D eigenvalue weighted by Gasteiger charge is 2.25. The number of amides is 3. The van der Waals surface area contributed by atoms with Gasteiger partial charge in [-0.3, -0.25) is 14.4 Å². The van der Waals surface area contributed by atoms with Crippen molar-refractivity contribution in [3.8, 4) is 0 Å². The van der Waals surface area contributed by atoms with Gasteiger partial charge in [-0.1, -0.05) is 37.3 Å². The number of nitrogens with one attached hydrogen (secondary N) is 4. The molecule has 2 aromatic carbocycles. The minimum atomic E-state index is -0.249. The summed E-state index contributed by atoms with van der Waals surface area (Å²) in [5.41, 5.74) is 2.80. The van der Waals surface area contributed by atoms with Gasteiger partial charge in [0, 0.05) is 11.7 Å². The van der Waals surface area contributed by atoms with E-state index < -0.39 is 0 Å². The number of carbonyl (C=O) groups excluding carboxylic acids is 3. The van der Waals surface area contributed by atoms with Crippen molar-refractivity contribution in [2.75, 3.05) is 30.8 Å². The minimum Gasteiger partial charge on any atom is -0.349 e. The molecule has 0 saturated heterocycles. The molecular formula is C23H29N4O3+. The van der Waals surface area contributed by atoms with Crippen LogP contribution in [0.5, 0.6) is 0 Å². The van der Waals surface area contributed by atoms with Gasteiger partial charge < -0.3 is 20.9 Å². The SMILES string of the molecule is CCc1ccccc1NC(=O)C[NH+](C)CC(=O)Nc1ccccc1C(=O)NC1CC1. The van der Waals surface area contributed by atoms with Crippen molar-refractivity contribution in [3.63, 3.8) is 0 Å². The molecule has 158 valence electrons. The van der Waals surface area contributed by atoms with Crippen molar-refractivity contribution in [2.45, 2.75) is 32.2 Å². The number of rotatable bonds is 9. The van der Waals surface area contributed by atoms with Gasteiger partial charge in [-0.15, -0.1) is 0 Å². The molecule has 0 aliphatic heterocycles. The molecule has 30 heavy (non-hydrogen) atoms. The van der Waals surface area contributed by atoms with Crippen LogP contribution in [0.25, 0.3) is 0 Å². The lowest BCUT2D eigenvalue weighted by Gasteiger charge is -2.16. The second-order valence-electron chi connectivity index (χ2n) is 7.71. The Morgan fingerprint density at radius 1 is 0.900 bits per heavy atom. The van der Waals surface area contributed by atoms with E-state index in [-0.39, 0.29) is 36.9 Å². The van der Waals surface area contributed by atoms with Gasteiger partial charge in [0.15, 0.2) is 13.1 Å². The van der Waals surface area contributed by atoms with Gasteiger partial charge in [-0.2, -0.15) is 0 Å². The Balaban J connectivity index is 1.52. The summed E-state index contributed by atoms with van der Waals surface area (Å²) < 4.78 is 0. The molecule has 4 N–H and O–H groups in total. The number of anilines is 2. The Morgan fingerprint density at radius 3 is 2.10 bits per heavy atom. The van der Waals surface area contributed by atoms with Crippen molar-refractivity contribution in [1.82, 2.24) is 5.32 Å². The molecule has 3 rings (SSSR count). The second kappa shape index (κ2) is 10.0. The molecule has 1 aliphatic rings. The molecule has 0 spiro atoms. The monoisotopic (exact) mass is 409 g/mol. The van der Waals surface area contributed by atoms with Crippen molar-refractivity contribution in [2.24, 2.45) is 0 Å². The van der Waals surface area contributed by atoms with Gasteiger partial charge >= 0.3 is 0 Å². The van der Waals surface area contributed by atoms with E-state index >= 15 is 0 Å². The van der Waals surface area contributed by atoms with E-state index in [1.807, 2.05) is 31.2 Å². The number of hydrogen-bond donors (Lipinski definition) is 4. The topological polar surface area (TPSA) is 91.7 Å². The molecule has 1 aliphatic carbocycles. The van der Waals surface area contributed by atoms with Crippen LogP contribution in [0, 0.1) is 0 Å². The van der Waals surface area contributed by atoms with Crippen molar-refractivity contribution < 1.29 is 19.3 Å². The minimum absolute atomic E-state index is 0.113. The molecule has 0 heterocycles. The van der Waals surface area contributed by atoms with Crippen LogP contribution in [0.1, 0.15) is 35.7 Å². The fourth-order valence-corrected chi connectivity index (χ4v) is 3.23. The van der Waals surface area contributed by atoms with E-state index in [0.717, 1.165) is 35.4 Å². The average molecular weight is 410 g/mol. The molecule has 1 atom stereocenters. The number of quaternary nitrogens is 1. The lowest BCUT2D eigenvalue weighted by atomic mass is 10.1. The summed E-state index contributed by atoms with van der Waals surface area (Å²) in [6.07, 6.45) is 2.83. The van der Waals surface area contributed by atoms with Crippen LogP contribution < -0.4 is 20.9 Å². The number of likely N-dealkylation sites (N-methyl/N-ethyl adjacent to an activating group) is 1. The first-order valence-electron chi connectivity index (χ1n) is 10.3. The molecule has 0 aromatic heterocycles. The molecule has 3 amide bonds. The maximum Gasteiger partial charge on any atom is 0.279 e. The van der Waals surface area contributed by atoms with Crippen molar-refractivity contribution in [1.29, 1.82) is 0 Å². The highest BCUT2D eigenvalue weighted by molar-refractivity contribution is 6.04. The van der Waals surface area contributed by atoms with Crippen LogP contribution in [0.2, 0.25) is 0 Å². The second-order valence-corrected chi connectivity index (χ2v) is 7.71. The van der Waals surface area contributed by atoms with E-state index in [4.69, 9.17) is 0 Å². The quantitative estimate of drug-likeness (QED) is 0.502. The third-order valence-corrected chi connectivity index (χ3v) is 4.96. The van der Waals surface area contributed by atoms with E-state index in [9.17, 15) is 14.4 Å². The Morgan fingerprint density at radius 2 is 1.47 bits per heavy atom. The van der Waals surface area contributed by atoms with E-state index in [1.165, 1.54) is 0 Å². The zero-order valence-electron chi connectivity index (χ0n) is 17.5. The molecule has 1 fully saturated rings. The smallest absolute Gasteiger partial charge is 0.279 e. The van der Waals surface area contributed by atoms with Gasteiger partial charge in [-0.05, 0) is 43.0 Å². The summed E-state index contributed by atoms with van der Waals surface area (Å²) in [7, 11) is 1.79. The molecular weight excluding hydrogens is 380 g/mol. The van der Waals surface area contributed by atoms with Crippen LogP contribution in [0.3, 0.4) is 0 Å². The summed E-state index contributed by atoms with van der Waals surface area (Å²) in [4.78, 5) is 38.0. The summed E-state index contributed by atoms with van der Waals surface area (Å²) in [5.74, 6) is -0.575. The van der Waals surface area contributed by atoms with Crippen LogP contribution in [0.15, 0.2) is 48.5 Å². The van der Waals surface area contributed by atoms with Crippen molar-refractivity contribution in [3.05, 3.63) is 59.7 Å². The third-order valence-electron chi connectivity index (χ3n) is 4.96. The van der Waals surface area contributed by atoms with Gasteiger partial charge in [0.05, 0.1) is 18.3 Å². The van der Waals surface area contributed by atoms with E-state index in [2.05, 4.69) is 16.0 Å². The Bertz CT molecular complexity index is 924. The number of carbonyl (C=O) groups is 3. The number of para-hydroxylation sites is 2. The Kier molecular flexibility index (Phi) is 7.19. The predicted octanol–water partition coefficient (Wildman–Crippen LogP) is 1.23. The fraction of sp³-hybridized carbons (Fsp3) is 0.348. The Labute approximate surface area is 176 Å². The first-order chi connectivity index (χ1) is 14.5. The summed E-state index contributed by atoms with van der Waals surface area (Å²) in [6, 6.07) is 14.9. The highest BCUT2D eigenvalue weighted by atomic mass is 16.2. The predicted molar refractivity (Wildman–Crippen MR) is 117 cm³/mol. The lowest BCUT2D eigenvalue weighted by Crippen LogP contribution is -3.11. The fourth-order valence-electron chi connectivity index (χ4n) is 3.23. The van der Waals surface area contributed by atoms with Gasteiger partial charge in [0.1, 0.15) is 0 Å². The first-order valence-corrected chi connectivity index (χ1v) is 10.3. The van der Waals surface area contributed by atoms with Crippen LogP contribution >= 0.6 is 0 Å². The Hall–Kier alpha value is -3.19. The highest BCUT2D eigenvalue weighted by Crippen LogP contribution is 2.21. The molecule has 1 unspecified atom stereocenters. The van der Waals surface area contributed by atoms with Crippen LogP contribution in [-0.2, 0) is 16.0 Å². The molecule has 7 heteroatoms.